The molecule has 0 aromatic rings. The van der Waals surface area contributed by atoms with Crippen LogP contribution in [-0.4, -0.2) is 16.6 Å². The Kier molecular flexibility index (Phi) is 0.180. The van der Waals surface area contributed by atoms with E-state index in [-0.39, 0.29) is 0 Å². The third kappa shape index (κ3) is 126. The Labute approximate surface area is 36.9 Å². The molecule has 0 unspecified atom stereocenters. The van der Waals surface area contributed by atoms with Crippen molar-refractivity contribution in [2.24, 2.45) is 0 Å². The highest BCUT2D eigenvalue weighted by atomic mass is 32.2. The van der Waals surface area contributed by atoms with Crippen molar-refractivity contribution in [2.75, 3.05) is 12.4 Å². The first-order valence-corrected chi connectivity index (χ1v) is 1.72. The van der Waals surface area contributed by atoms with Crippen molar-refractivity contribution in [3.8, 4) is 0 Å². The quantitative estimate of drug-likeness (QED) is 0.379. The minimum absolute atomic E-state index is 2.75. The van der Waals surface area contributed by atoms with Crippen LogP contribution in [0, 0.1) is 0 Å². The van der Waals surface area contributed by atoms with E-state index < -0.39 is 23.2 Å². The molecule has 0 atom stereocenters. The Morgan fingerprint density at radius 3 is 2.50 bits per heavy atom. The highest BCUT2D eigenvalue weighted by Crippen LogP contribution is 1.47. The molecule has 4 heavy (non-hydrogen) atoms. The summed E-state index contributed by atoms with van der Waals surface area (Å²) in [5.74, 6) is 0. The fraction of sp³-hybridized carbons (Fsp3) is 1.00. The summed E-state index contributed by atoms with van der Waals surface area (Å²) in [7, 11) is -2.75. The molecule has 0 heterocycles. The van der Waals surface area contributed by atoms with Crippen LogP contribution in [0.15, 0.2) is 0 Å². The van der Waals surface area contributed by atoms with E-state index >= 15 is 0 Å². The summed E-state index contributed by atoms with van der Waals surface area (Å²) in [5, 5.41) is 0. The standard InChI is InChI=1S/C2H6OS/c1-4(2)3/h1-2H3/i1+1D3,2+1D3. The predicted molar refractivity (Wildman–Crippen MR) is 20.0 cm³/mol. The van der Waals surface area contributed by atoms with Crippen LogP contribution in [0.5, 0.6) is 0 Å². The summed E-state index contributed by atoms with van der Waals surface area (Å²) in [5.41, 5.74) is 0. The summed E-state index contributed by atoms with van der Waals surface area (Å²) in [6.07, 6.45) is -5.80. The number of rotatable bonds is 0. The Bertz CT molecular complexity index is 127. The molecular weight excluding hydrogens is 74.1 g/mol. The second-order valence-electron chi connectivity index (χ2n) is 0.269. The van der Waals surface area contributed by atoms with Crippen molar-refractivity contribution < 1.29 is 12.4 Å². The van der Waals surface area contributed by atoms with Gasteiger partial charge in [-0.15, -0.1) is 0 Å². The second kappa shape index (κ2) is 1.47. The van der Waals surface area contributed by atoms with E-state index in [2.05, 4.69) is 0 Å². The zero-order chi connectivity index (χ0) is 8.58. The largest absolute Gasteiger partial charge is 0.260 e. The molecule has 26 valence electrons. The minimum Gasteiger partial charge on any atom is -0.260 e. The van der Waals surface area contributed by atoms with Gasteiger partial charge in [0.05, 0.1) is 0 Å². The second-order valence-corrected chi connectivity index (χ2v) is 0.806. The van der Waals surface area contributed by atoms with Crippen LogP contribution in [0.2, 0.25) is 0 Å². The molecule has 0 N–H and O–H groups in total. The molecule has 0 aromatic carbocycles. The van der Waals surface area contributed by atoms with Gasteiger partial charge in [0.25, 0.3) is 0 Å². The lowest BCUT2D eigenvalue weighted by Gasteiger charge is -1.60. The molecule has 0 aliphatic heterocycles. The lowest BCUT2D eigenvalue weighted by atomic mass is 12.9. The fourth-order valence-electron chi connectivity index (χ4n) is 0. The van der Waals surface area contributed by atoms with Crippen LogP contribution in [0.25, 0.3) is 0 Å². The van der Waals surface area contributed by atoms with Crippen molar-refractivity contribution in [1.29, 1.82) is 0 Å². The average Bonchev–Trinajstić information content (AvgIpc) is 1.59. The van der Waals surface area contributed by atoms with Gasteiger partial charge in [0, 0.05) is 31.4 Å². The van der Waals surface area contributed by atoms with E-state index in [1.165, 1.54) is 0 Å². The lowest BCUT2D eigenvalue weighted by Crippen LogP contribution is -1.70. The highest BCUT2D eigenvalue weighted by Gasteiger charge is 1.57. The molecule has 0 saturated carbocycles. The summed E-state index contributed by atoms with van der Waals surface area (Å²) in [6, 6.07) is 0. The zero-order valence-corrected chi connectivity index (χ0v) is 2.63. The average molecular weight is 86.2 g/mol. The molecule has 0 spiro atoms. The van der Waals surface area contributed by atoms with Crippen LogP contribution >= 0.6 is 0 Å². The van der Waals surface area contributed by atoms with E-state index in [0.717, 1.165) is 0 Å². The summed E-state index contributed by atoms with van der Waals surface area (Å²) >= 11 is 0. The Balaban J connectivity index is 4.40. The van der Waals surface area contributed by atoms with E-state index in [0.29, 0.717) is 0 Å². The van der Waals surface area contributed by atoms with Gasteiger partial charge in [0.15, 0.2) is 0 Å². The van der Waals surface area contributed by atoms with Crippen molar-refractivity contribution in [1.82, 2.24) is 0 Å². The molecule has 2 heteroatoms. The molecule has 0 fully saturated rings. The van der Waals surface area contributed by atoms with Gasteiger partial charge in [-0.2, -0.15) is 0 Å². The smallest absolute Gasteiger partial charge is 0.0370 e. The summed E-state index contributed by atoms with van der Waals surface area (Å²) in [4.78, 5) is 0. The maximum absolute atomic E-state index is 10.5. The van der Waals surface area contributed by atoms with Crippen LogP contribution < -0.4 is 0 Å². The van der Waals surface area contributed by atoms with Crippen LogP contribution in [0.4, 0.5) is 0 Å². The van der Waals surface area contributed by atoms with Gasteiger partial charge in [0.2, 0.25) is 0 Å². The summed E-state index contributed by atoms with van der Waals surface area (Å²) in [6.45, 7) is 0. The van der Waals surface area contributed by atoms with Gasteiger partial charge in [0.1, 0.15) is 0 Å². The van der Waals surface area contributed by atoms with Crippen LogP contribution in [0.3, 0.4) is 0 Å². The Morgan fingerprint density at radius 2 is 2.50 bits per heavy atom. The van der Waals surface area contributed by atoms with Crippen molar-refractivity contribution >= 4 is 10.8 Å². The van der Waals surface area contributed by atoms with Gasteiger partial charge in [-0.05, 0) is 0 Å². The molecule has 1 nitrogen and oxygen atoms in total. The van der Waals surface area contributed by atoms with E-state index in [9.17, 15) is 4.21 Å². The van der Waals surface area contributed by atoms with Gasteiger partial charge >= 0.3 is 0 Å². The predicted octanol–water partition coefficient (Wildman–Crippen LogP) is -0.00530. The third-order valence-corrected chi connectivity index (χ3v) is 0. The van der Waals surface area contributed by atoms with E-state index in [1.54, 1.807) is 0 Å². The topological polar surface area (TPSA) is 17.1 Å². The van der Waals surface area contributed by atoms with E-state index in [4.69, 9.17) is 8.22 Å². The fourth-order valence-corrected chi connectivity index (χ4v) is 0. The molecular formula is C2H6OS. The van der Waals surface area contributed by atoms with Gasteiger partial charge in [-0.3, -0.25) is 4.21 Å². The van der Waals surface area contributed by atoms with Gasteiger partial charge < -0.3 is 0 Å². The lowest BCUT2D eigenvalue weighted by molar-refractivity contribution is 0.690. The molecule has 0 aliphatic rings. The molecule has 0 rings (SSSR count). The first-order chi connectivity index (χ1) is 4.15. The zero-order valence-electron chi connectivity index (χ0n) is 7.82. The van der Waals surface area contributed by atoms with Crippen LogP contribution in [0.1, 0.15) is 8.22 Å². The Morgan fingerprint density at radius 1 is 2.00 bits per heavy atom. The normalized spacial score (nSPS) is 37.2. The monoisotopic (exact) mass is 86.1 g/mol. The van der Waals surface area contributed by atoms with Gasteiger partial charge in [-0.25, -0.2) is 0 Å². The summed E-state index contributed by atoms with van der Waals surface area (Å²) < 4.78 is 49.3. The number of hydrogen-bond acceptors (Lipinski definition) is 1. The van der Waals surface area contributed by atoms with Crippen molar-refractivity contribution in [2.45, 2.75) is 0 Å². The van der Waals surface area contributed by atoms with E-state index in [1.807, 2.05) is 0 Å². The molecule has 0 saturated heterocycles. The molecule has 0 radical (unpaired) electrons. The first kappa shape index (κ1) is 0.492. The third-order valence-electron chi connectivity index (χ3n) is 0. The van der Waals surface area contributed by atoms with Gasteiger partial charge in [-0.1, -0.05) is 0 Å². The number of hydrogen-bond donors (Lipinski definition) is 0. The first-order valence-electron chi connectivity index (χ1n) is 3.57. The molecule has 0 amide bonds. The molecule has 0 aromatic heterocycles. The SMILES string of the molecule is [2H][13C]([2H])([2H])S(=O)[13C]([2H])([2H])[2H]. The Hall–Kier alpha value is 0.150. The van der Waals surface area contributed by atoms with Crippen molar-refractivity contribution in [3.05, 3.63) is 0 Å². The maximum Gasteiger partial charge on any atom is 0.0370 e. The molecule has 0 bridgehead atoms. The minimum atomic E-state index is -2.90. The highest BCUT2D eigenvalue weighted by molar-refractivity contribution is 7.83. The van der Waals surface area contributed by atoms with Crippen LogP contribution in [-0.2, 0) is 10.8 Å². The van der Waals surface area contributed by atoms with Crippen molar-refractivity contribution in [3.63, 3.8) is 0 Å². The maximum atomic E-state index is 10.5. The molecule has 0 aliphatic carbocycles.